The van der Waals surface area contributed by atoms with Gasteiger partial charge in [0.05, 0.1) is 13.2 Å². The van der Waals surface area contributed by atoms with Crippen molar-refractivity contribution in [3.8, 4) is 0 Å². The molecule has 0 bridgehead atoms. The lowest BCUT2D eigenvalue weighted by Crippen LogP contribution is -2.45. The Hall–Kier alpha value is -1.30. The summed E-state index contributed by atoms with van der Waals surface area (Å²) >= 11 is 0. The van der Waals surface area contributed by atoms with E-state index in [0.717, 1.165) is 25.7 Å². The number of alkyl carbamates (subject to hydrolysis) is 1. The van der Waals surface area contributed by atoms with Gasteiger partial charge < -0.3 is 19.5 Å². The minimum Gasteiger partial charge on any atom is -0.467 e. The van der Waals surface area contributed by atoms with Crippen LogP contribution in [0.4, 0.5) is 4.79 Å². The van der Waals surface area contributed by atoms with Gasteiger partial charge >= 0.3 is 12.1 Å². The monoisotopic (exact) mass is 315 g/mol. The first-order valence-corrected chi connectivity index (χ1v) is 7.85. The van der Waals surface area contributed by atoms with Crippen LogP contribution < -0.4 is 5.32 Å². The molecule has 0 radical (unpaired) electrons. The molecule has 0 aliphatic heterocycles. The smallest absolute Gasteiger partial charge is 0.408 e. The number of esters is 1. The molecule has 0 saturated heterocycles. The predicted molar refractivity (Wildman–Crippen MR) is 82.5 cm³/mol. The van der Waals surface area contributed by atoms with E-state index in [4.69, 9.17) is 14.2 Å². The van der Waals surface area contributed by atoms with Gasteiger partial charge in [-0.1, -0.05) is 0 Å². The third-order valence-corrected chi connectivity index (χ3v) is 3.87. The number of methoxy groups -OCH3 is 2. The van der Waals surface area contributed by atoms with Gasteiger partial charge in [0.25, 0.3) is 0 Å². The summed E-state index contributed by atoms with van der Waals surface area (Å²) in [7, 11) is 3.06. The van der Waals surface area contributed by atoms with Crippen LogP contribution in [0.25, 0.3) is 0 Å². The Bertz CT molecular complexity index is 369. The van der Waals surface area contributed by atoms with Crippen molar-refractivity contribution in [2.75, 3.05) is 14.2 Å². The summed E-state index contributed by atoms with van der Waals surface area (Å²) in [6.07, 6.45) is 4.25. The van der Waals surface area contributed by atoms with Gasteiger partial charge in [-0.3, -0.25) is 0 Å². The van der Waals surface area contributed by atoms with Crippen molar-refractivity contribution in [3.05, 3.63) is 0 Å². The molecule has 6 nitrogen and oxygen atoms in total. The molecular weight excluding hydrogens is 286 g/mol. The fourth-order valence-corrected chi connectivity index (χ4v) is 2.74. The van der Waals surface area contributed by atoms with Crippen molar-refractivity contribution < 1.29 is 23.8 Å². The van der Waals surface area contributed by atoms with E-state index in [1.54, 1.807) is 27.9 Å². The minimum absolute atomic E-state index is 0.312. The van der Waals surface area contributed by atoms with Gasteiger partial charge in [0.15, 0.2) is 0 Å². The van der Waals surface area contributed by atoms with Gasteiger partial charge in [-0.15, -0.1) is 0 Å². The van der Waals surface area contributed by atoms with Crippen LogP contribution in [0.3, 0.4) is 0 Å². The summed E-state index contributed by atoms with van der Waals surface area (Å²) in [4.78, 5) is 23.8. The number of amides is 1. The van der Waals surface area contributed by atoms with E-state index in [1.807, 2.05) is 0 Å². The van der Waals surface area contributed by atoms with E-state index in [1.165, 1.54) is 7.11 Å². The number of carbonyl (C=O) groups is 2. The quantitative estimate of drug-likeness (QED) is 0.790. The Morgan fingerprint density at radius 3 is 2.18 bits per heavy atom. The highest BCUT2D eigenvalue weighted by Crippen LogP contribution is 2.29. The topological polar surface area (TPSA) is 73.9 Å². The Morgan fingerprint density at radius 1 is 1.14 bits per heavy atom. The number of nitrogens with one attached hydrogen (secondary N) is 1. The van der Waals surface area contributed by atoms with E-state index < -0.39 is 23.7 Å². The van der Waals surface area contributed by atoms with E-state index in [-0.39, 0.29) is 0 Å². The molecule has 1 atom stereocenters. The molecule has 1 aliphatic rings. The van der Waals surface area contributed by atoms with Gasteiger partial charge in [-0.2, -0.15) is 0 Å². The highest BCUT2D eigenvalue weighted by Gasteiger charge is 2.30. The molecule has 1 rings (SSSR count). The Labute approximate surface area is 132 Å². The number of hydrogen-bond donors (Lipinski definition) is 1. The highest BCUT2D eigenvalue weighted by atomic mass is 16.6. The molecule has 0 heterocycles. The summed E-state index contributed by atoms with van der Waals surface area (Å²) in [5, 5.41) is 2.63. The van der Waals surface area contributed by atoms with Crippen LogP contribution in [-0.2, 0) is 19.0 Å². The predicted octanol–water partition coefficient (Wildman–Crippen LogP) is 2.65. The van der Waals surface area contributed by atoms with E-state index >= 15 is 0 Å². The molecule has 0 spiro atoms. The van der Waals surface area contributed by atoms with Crippen LogP contribution in [0.2, 0.25) is 0 Å². The molecule has 0 aromatic rings. The standard InChI is InChI=1S/C16H29NO5/c1-16(2,3)22-15(19)17-13(14(18)21-5)10-11-6-8-12(20-4)9-7-11/h11-13H,6-10H2,1-5H3,(H,17,19)/t11?,12?,13-/m0/s1. The highest BCUT2D eigenvalue weighted by molar-refractivity contribution is 5.81. The van der Waals surface area contributed by atoms with Crippen LogP contribution >= 0.6 is 0 Å². The van der Waals surface area contributed by atoms with Gasteiger partial charge in [0, 0.05) is 7.11 Å². The third kappa shape index (κ3) is 6.64. The lowest BCUT2D eigenvalue weighted by Gasteiger charge is -2.30. The summed E-state index contributed by atoms with van der Waals surface area (Å²) in [5.74, 6) is -0.0508. The summed E-state index contributed by atoms with van der Waals surface area (Å²) in [6.45, 7) is 5.35. The number of hydrogen-bond acceptors (Lipinski definition) is 5. The van der Waals surface area contributed by atoms with Crippen LogP contribution in [0.1, 0.15) is 52.9 Å². The molecule has 6 heteroatoms. The first-order chi connectivity index (χ1) is 10.2. The van der Waals surface area contributed by atoms with Crippen LogP contribution in [0, 0.1) is 5.92 Å². The SMILES string of the molecule is COC(=O)[C@H](CC1CCC(OC)CC1)NC(=O)OC(C)(C)C. The van der Waals surface area contributed by atoms with Crippen LogP contribution in [-0.4, -0.2) is 44.0 Å². The lowest BCUT2D eigenvalue weighted by molar-refractivity contribution is -0.143. The van der Waals surface area contributed by atoms with Gasteiger partial charge in [0.1, 0.15) is 11.6 Å². The molecule has 0 aromatic heterocycles. The minimum atomic E-state index is -0.663. The van der Waals surface area contributed by atoms with Crippen LogP contribution in [0.5, 0.6) is 0 Å². The maximum Gasteiger partial charge on any atom is 0.408 e. The van der Waals surface area contributed by atoms with Crippen molar-refractivity contribution in [1.82, 2.24) is 5.32 Å². The van der Waals surface area contributed by atoms with Gasteiger partial charge in [-0.25, -0.2) is 9.59 Å². The largest absolute Gasteiger partial charge is 0.467 e. The Balaban J connectivity index is 2.54. The maximum atomic E-state index is 11.9. The molecule has 1 N–H and O–H groups in total. The fourth-order valence-electron chi connectivity index (χ4n) is 2.74. The zero-order valence-electron chi connectivity index (χ0n) is 14.3. The van der Waals surface area contributed by atoms with E-state index in [0.29, 0.717) is 18.4 Å². The first-order valence-electron chi connectivity index (χ1n) is 7.85. The van der Waals surface area contributed by atoms with Gasteiger partial charge in [0.2, 0.25) is 0 Å². The first kappa shape index (κ1) is 18.7. The van der Waals surface area contributed by atoms with E-state index in [9.17, 15) is 9.59 Å². The average Bonchev–Trinajstić information content (AvgIpc) is 2.44. The molecule has 0 unspecified atom stereocenters. The summed E-state index contributed by atoms with van der Waals surface area (Å²) in [5.41, 5.74) is -0.596. The van der Waals surface area contributed by atoms with Crippen molar-refractivity contribution in [1.29, 1.82) is 0 Å². The van der Waals surface area contributed by atoms with Crippen LogP contribution in [0.15, 0.2) is 0 Å². The average molecular weight is 315 g/mol. The third-order valence-electron chi connectivity index (χ3n) is 3.87. The second-order valence-corrected chi connectivity index (χ2v) is 6.84. The second kappa shape index (κ2) is 8.36. The molecular formula is C16H29NO5. The second-order valence-electron chi connectivity index (χ2n) is 6.84. The van der Waals surface area contributed by atoms with Crippen molar-refractivity contribution in [3.63, 3.8) is 0 Å². The number of carbonyl (C=O) groups excluding carboxylic acids is 2. The fraction of sp³-hybridized carbons (Fsp3) is 0.875. The Morgan fingerprint density at radius 2 is 1.73 bits per heavy atom. The number of ether oxygens (including phenoxy) is 3. The number of rotatable bonds is 5. The normalized spacial score (nSPS) is 23.5. The summed E-state index contributed by atoms with van der Waals surface area (Å²) in [6, 6.07) is -0.663. The summed E-state index contributed by atoms with van der Waals surface area (Å²) < 4.78 is 15.4. The molecule has 1 saturated carbocycles. The molecule has 1 amide bonds. The zero-order chi connectivity index (χ0) is 16.8. The van der Waals surface area contributed by atoms with E-state index in [2.05, 4.69) is 5.32 Å². The van der Waals surface area contributed by atoms with Crippen molar-refractivity contribution in [2.24, 2.45) is 5.92 Å². The van der Waals surface area contributed by atoms with Crippen molar-refractivity contribution >= 4 is 12.1 Å². The lowest BCUT2D eigenvalue weighted by atomic mass is 9.83. The molecule has 1 aliphatic carbocycles. The maximum absolute atomic E-state index is 11.9. The Kier molecular flexibility index (Phi) is 7.13. The molecule has 1 fully saturated rings. The zero-order valence-corrected chi connectivity index (χ0v) is 14.3. The van der Waals surface area contributed by atoms with Crippen molar-refractivity contribution in [2.45, 2.75) is 70.6 Å². The van der Waals surface area contributed by atoms with Gasteiger partial charge in [-0.05, 0) is 58.8 Å². The molecule has 22 heavy (non-hydrogen) atoms. The molecule has 0 aromatic carbocycles. The molecule has 128 valence electrons.